The third-order valence-electron chi connectivity index (χ3n) is 4.07. The van der Waals surface area contributed by atoms with E-state index in [0.29, 0.717) is 29.5 Å². The van der Waals surface area contributed by atoms with E-state index in [1.54, 1.807) is 48.5 Å². The van der Waals surface area contributed by atoms with E-state index >= 15 is 0 Å². The first kappa shape index (κ1) is 18.4. The number of nitrogens with one attached hydrogen (secondary N) is 4. The summed E-state index contributed by atoms with van der Waals surface area (Å²) in [4.78, 5) is 35.0. The van der Waals surface area contributed by atoms with Crippen LogP contribution in [0.2, 0.25) is 0 Å². The smallest absolute Gasteiger partial charge is 0.319 e. The number of hydrogen-bond donors (Lipinski definition) is 4. The van der Waals surface area contributed by atoms with E-state index in [0.717, 1.165) is 18.4 Å². The first-order valence-corrected chi connectivity index (χ1v) is 8.82. The van der Waals surface area contributed by atoms with Crippen LogP contribution in [0.25, 0.3) is 0 Å². The van der Waals surface area contributed by atoms with Gasteiger partial charge in [-0.2, -0.15) is 0 Å². The highest BCUT2D eigenvalue weighted by Crippen LogP contribution is 2.19. The van der Waals surface area contributed by atoms with Crippen LogP contribution >= 0.6 is 0 Å². The molecule has 1 aliphatic rings. The Hall–Kier alpha value is -3.35. The Morgan fingerprint density at radius 3 is 2.04 bits per heavy atom. The van der Waals surface area contributed by atoms with Crippen LogP contribution in [0.4, 0.5) is 16.2 Å². The zero-order valence-electron chi connectivity index (χ0n) is 15.0. The Labute approximate surface area is 157 Å². The lowest BCUT2D eigenvalue weighted by atomic mass is 10.1. The van der Waals surface area contributed by atoms with Crippen LogP contribution in [0.1, 0.15) is 35.7 Å². The van der Waals surface area contributed by atoms with Crippen LogP contribution in [-0.2, 0) is 11.3 Å². The third kappa shape index (κ3) is 5.85. The second-order valence-electron chi connectivity index (χ2n) is 6.51. The van der Waals surface area contributed by atoms with Gasteiger partial charge in [0.05, 0.1) is 0 Å². The van der Waals surface area contributed by atoms with Crippen LogP contribution in [0, 0.1) is 0 Å². The summed E-state index contributed by atoms with van der Waals surface area (Å²) in [7, 11) is 0. The number of amides is 4. The lowest BCUT2D eigenvalue weighted by molar-refractivity contribution is -0.119. The van der Waals surface area contributed by atoms with Gasteiger partial charge >= 0.3 is 6.03 Å². The fourth-order valence-electron chi connectivity index (χ4n) is 2.42. The van der Waals surface area contributed by atoms with E-state index in [9.17, 15) is 14.4 Å². The monoisotopic (exact) mass is 366 g/mol. The molecule has 1 aliphatic carbocycles. The van der Waals surface area contributed by atoms with Crippen LogP contribution in [0.15, 0.2) is 48.5 Å². The van der Waals surface area contributed by atoms with Gasteiger partial charge in [-0.1, -0.05) is 12.1 Å². The molecule has 7 heteroatoms. The number of anilines is 2. The van der Waals surface area contributed by atoms with E-state index in [1.807, 2.05) is 0 Å². The van der Waals surface area contributed by atoms with E-state index < -0.39 is 0 Å². The predicted octanol–water partition coefficient (Wildman–Crippen LogP) is 2.86. The largest absolute Gasteiger partial charge is 0.352 e. The molecule has 0 aliphatic heterocycles. The van der Waals surface area contributed by atoms with Crippen molar-refractivity contribution in [2.75, 3.05) is 10.6 Å². The first-order chi connectivity index (χ1) is 13.0. The third-order valence-corrected chi connectivity index (χ3v) is 4.07. The van der Waals surface area contributed by atoms with E-state index in [-0.39, 0.29) is 17.8 Å². The quantitative estimate of drug-likeness (QED) is 0.632. The van der Waals surface area contributed by atoms with E-state index in [4.69, 9.17) is 0 Å². The van der Waals surface area contributed by atoms with E-state index in [1.165, 1.54) is 6.92 Å². The highest BCUT2D eigenvalue weighted by atomic mass is 16.2. The average Bonchev–Trinajstić information content (AvgIpc) is 3.46. The van der Waals surface area contributed by atoms with Gasteiger partial charge in [-0.05, 0) is 54.8 Å². The predicted molar refractivity (Wildman–Crippen MR) is 104 cm³/mol. The molecule has 4 amide bonds. The first-order valence-electron chi connectivity index (χ1n) is 8.82. The van der Waals surface area contributed by atoms with Crippen molar-refractivity contribution in [3.63, 3.8) is 0 Å². The summed E-state index contributed by atoms with van der Waals surface area (Å²) in [5.74, 6) is -0.326. The molecule has 7 nitrogen and oxygen atoms in total. The maximum atomic E-state index is 12.3. The van der Waals surface area contributed by atoms with Crippen molar-refractivity contribution in [2.45, 2.75) is 32.4 Å². The lowest BCUT2D eigenvalue weighted by Gasteiger charge is -2.09. The van der Waals surface area contributed by atoms with Crippen molar-refractivity contribution in [3.8, 4) is 0 Å². The average molecular weight is 366 g/mol. The van der Waals surface area contributed by atoms with Crippen molar-refractivity contribution in [1.82, 2.24) is 10.6 Å². The SMILES string of the molecule is CC(=O)NCc1ccc(C(=O)Nc2ccc(NC(=O)NC3CC3)cc2)cc1. The second-order valence-corrected chi connectivity index (χ2v) is 6.51. The Bertz CT molecular complexity index is 827. The Morgan fingerprint density at radius 1 is 0.889 bits per heavy atom. The van der Waals surface area contributed by atoms with Gasteiger partial charge < -0.3 is 21.3 Å². The number of carbonyl (C=O) groups is 3. The molecule has 0 spiro atoms. The molecule has 0 saturated heterocycles. The topological polar surface area (TPSA) is 99.3 Å². The van der Waals surface area contributed by atoms with Crippen LogP contribution < -0.4 is 21.3 Å². The molecule has 27 heavy (non-hydrogen) atoms. The minimum absolute atomic E-state index is 0.0974. The summed E-state index contributed by atoms with van der Waals surface area (Å²) in [6.45, 7) is 1.89. The fraction of sp³-hybridized carbons (Fsp3) is 0.250. The molecule has 0 bridgehead atoms. The molecule has 0 radical (unpaired) electrons. The molecule has 0 heterocycles. The van der Waals surface area contributed by atoms with Crippen molar-refractivity contribution >= 4 is 29.2 Å². The molecule has 0 unspecified atom stereocenters. The fourth-order valence-corrected chi connectivity index (χ4v) is 2.42. The maximum Gasteiger partial charge on any atom is 0.319 e. The normalized spacial score (nSPS) is 12.8. The number of rotatable bonds is 6. The maximum absolute atomic E-state index is 12.3. The zero-order valence-corrected chi connectivity index (χ0v) is 15.0. The minimum Gasteiger partial charge on any atom is -0.352 e. The van der Waals surface area contributed by atoms with E-state index in [2.05, 4.69) is 21.3 Å². The Kier molecular flexibility index (Phi) is 5.71. The highest BCUT2D eigenvalue weighted by Gasteiger charge is 2.23. The summed E-state index contributed by atoms with van der Waals surface area (Å²) in [6.07, 6.45) is 2.07. The Morgan fingerprint density at radius 2 is 1.48 bits per heavy atom. The molecule has 2 aromatic rings. The Balaban J connectivity index is 1.52. The highest BCUT2D eigenvalue weighted by molar-refractivity contribution is 6.04. The number of hydrogen-bond acceptors (Lipinski definition) is 3. The van der Waals surface area contributed by atoms with Crippen molar-refractivity contribution in [1.29, 1.82) is 0 Å². The van der Waals surface area contributed by atoms with Crippen LogP contribution in [0.3, 0.4) is 0 Å². The molecule has 3 rings (SSSR count). The second kappa shape index (κ2) is 8.35. The molecule has 140 valence electrons. The molecule has 1 saturated carbocycles. The van der Waals surface area contributed by atoms with Gasteiger partial charge in [0.1, 0.15) is 0 Å². The molecule has 4 N–H and O–H groups in total. The van der Waals surface area contributed by atoms with Crippen molar-refractivity contribution < 1.29 is 14.4 Å². The van der Waals surface area contributed by atoms with Gasteiger partial charge in [-0.3, -0.25) is 9.59 Å². The number of benzene rings is 2. The molecule has 1 fully saturated rings. The minimum atomic E-state index is -0.228. The molecule has 0 aromatic heterocycles. The summed E-state index contributed by atoms with van der Waals surface area (Å²) < 4.78 is 0. The van der Waals surface area contributed by atoms with Crippen molar-refractivity contribution in [2.24, 2.45) is 0 Å². The van der Waals surface area contributed by atoms with Crippen molar-refractivity contribution in [3.05, 3.63) is 59.7 Å². The number of urea groups is 1. The van der Waals surface area contributed by atoms with Gasteiger partial charge in [0.2, 0.25) is 5.91 Å². The van der Waals surface area contributed by atoms with Gasteiger partial charge in [0.25, 0.3) is 5.91 Å². The van der Waals surface area contributed by atoms with Gasteiger partial charge in [0, 0.05) is 36.4 Å². The molecule has 0 atom stereocenters. The van der Waals surface area contributed by atoms with Crippen LogP contribution in [0.5, 0.6) is 0 Å². The van der Waals surface area contributed by atoms with Crippen LogP contribution in [-0.4, -0.2) is 23.9 Å². The summed E-state index contributed by atoms with van der Waals surface area (Å²) in [5, 5.41) is 11.1. The molecular formula is C20H22N4O3. The number of carbonyl (C=O) groups excluding carboxylic acids is 3. The lowest BCUT2D eigenvalue weighted by Crippen LogP contribution is -2.30. The zero-order chi connectivity index (χ0) is 19.2. The summed E-state index contributed by atoms with van der Waals surface area (Å²) >= 11 is 0. The summed E-state index contributed by atoms with van der Waals surface area (Å²) in [5.41, 5.74) is 2.73. The molecular weight excluding hydrogens is 344 g/mol. The molecule has 2 aromatic carbocycles. The van der Waals surface area contributed by atoms with Gasteiger partial charge in [-0.15, -0.1) is 0 Å². The standard InChI is InChI=1S/C20H22N4O3/c1-13(25)21-12-14-2-4-15(5-3-14)19(26)22-16-6-8-17(9-7-16)23-20(27)24-18-10-11-18/h2-9,18H,10-12H2,1H3,(H,21,25)(H,22,26)(H2,23,24,27). The van der Waals surface area contributed by atoms with Gasteiger partial charge in [0.15, 0.2) is 0 Å². The van der Waals surface area contributed by atoms with Gasteiger partial charge in [-0.25, -0.2) is 4.79 Å². The summed E-state index contributed by atoms with van der Waals surface area (Å²) in [6, 6.07) is 14.0.